The molecule has 0 aliphatic carbocycles. The minimum atomic E-state index is -0.946. The van der Waals surface area contributed by atoms with Gasteiger partial charge in [-0.3, -0.25) is 0 Å². The van der Waals surface area contributed by atoms with Crippen LogP contribution in [0.2, 0.25) is 0 Å². The predicted molar refractivity (Wildman–Crippen MR) is 137 cm³/mol. The second kappa shape index (κ2) is 26.1. The van der Waals surface area contributed by atoms with E-state index in [0.717, 1.165) is 30.3 Å². The molecule has 0 unspecified atom stereocenters. The molecule has 0 aliphatic rings. The number of aliphatic carboxylic acids is 1. The van der Waals surface area contributed by atoms with Crippen LogP contribution in [0.5, 0.6) is 0 Å². The lowest BCUT2D eigenvalue weighted by atomic mass is 10.1. The number of unbranched alkanes of at least 4 members (excludes halogenated alkanes) is 13. The van der Waals surface area contributed by atoms with Gasteiger partial charge in [0, 0.05) is 5.97 Å². The molecule has 0 bridgehead atoms. The van der Waals surface area contributed by atoms with E-state index in [1.54, 1.807) is 0 Å². The maximum atomic E-state index is 10.2. The summed E-state index contributed by atoms with van der Waals surface area (Å²) in [6.07, 6.45) is 29.3. The van der Waals surface area contributed by atoms with Crippen LogP contribution in [-0.4, -0.2) is 49.9 Å². The predicted octanol–water partition coefficient (Wildman–Crippen LogP) is 6.19. The number of hydrogen-bond acceptors (Lipinski definition) is 3. The Morgan fingerprint density at radius 3 is 1.47 bits per heavy atom. The van der Waals surface area contributed by atoms with Gasteiger partial charge in [0.2, 0.25) is 0 Å². The van der Waals surface area contributed by atoms with Crippen molar-refractivity contribution in [3.8, 4) is 0 Å². The Labute approximate surface area is 200 Å². The zero-order valence-corrected chi connectivity index (χ0v) is 22.0. The number of aliphatic hydroxyl groups is 1. The molecule has 0 aromatic carbocycles. The van der Waals surface area contributed by atoms with Gasteiger partial charge in [0.15, 0.2) is 0 Å². The van der Waals surface area contributed by atoms with Gasteiger partial charge in [-0.15, -0.1) is 0 Å². The summed E-state index contributed by atoms with van der Waals surface area (Å²) in [7, 11) is 6.16. The van der Waals surface area contributed by atoms with E-state index in [-0.39, 0.29) is 13.0 Å². The first-order valence-corrected chi connectivity index (χ1v) is 13.2. The summed E-state index contributed by atoms with van der Waals surface area (Å²) >= 11 is 0. The molecule has 0 radical (unpaired) electrons. The Kier molecular flexibility index (Phi) is 27.0. The summed E-state index contributed by atoms with van der Waals surface area (Å²) in [4.78, 5) is 10.2. The average molecular weight is 454 g/mol. The Balaban J connectivity index is 0. The van der Waals surface area contributed by atoms with Crippen molar-refractivity contribution in [3.05, 3.63) is 24.3 Å². The van der Waals surface area contributed by atoms with E-state index in [4.69, 9.17) is 5.11 Å². The second-order valence-electron chi connectivity index (χ2n) is 9.85. The number of carbonyl (C=O) groups is 1. The number of hydrogen-bond donors (Lipinski definition) is 1. The minimum absolute atomic E-state index is 0.170. The van der Waals surface area contributed by atoms with E-state index in [2.05, 4.69) is 52.4 Å². The molecule has 0 fully saturated rings. The first-order chi connectivity index (χ1) is 15.3. The molecule has 0 aliphatic heterocycles. The molecule has 0 rings (SSSR count). The van der Waals surface area contributed by atoms with Gasteiger partial charge in [0.05, 0.1) is 27.7 Å². The van der Waals surface area contributed by atoms with Crippen molar-refractivity contribution in [1.29, 1.82) is 0 Å². The summed E-state index contributed by atoms with van der Waals surface area (Å²) in [6.45, 7) is 3.39. The van der Waals surface area contributed by atoms with Crippen molar-refractivity contribution in [1.82, 2.24) is 0 Å². The third kappa shape index (κ3) is 36.3. The van der Waals surface area contributed by atoms with Gasteiger partial charge < -0.3 is 19.5 Å². The average Bonchev–Trinajstić information content (AvgIpc) is 2.71. The molecular formula is C28H55NO3. The number of rotatable bonds is 21. The SMILES string of the molecule is CCCCCCCCCCCCC/C=C\CC/C=C\CCCC(=O)[O-].C[N+](C)(C)CCO. The van der Waals surface area contributed by atoms with Gasteiger partial charge >= 0.3 is 0 Å². The van der Waals surface area contributed by atoms with E-state index in [9.17, 15) is 9.90 Å². The fourth-order valence-electron chi connectivity index (χ4n) is 3.25. The third-order valence-electron chi connectivity index (χ3n) is 5.33. The zero-order valence-electron chi connectivity index (χ0n) is 22.0. The molecule has 0 aromatic rings. The lowest BCUT2D eigenvalue weighted by Gasteiger charge is -2.21. The fourth-order valence-corrected chi connectivity index (χ4v) is 3.25. The molecule has 0 spiro atoms. The lowest BCUT2D eigenvalue weighted by molar-refractivity contribution is -0.870. The Hall–Kier alpha value is -1.13. The molecule has 0 heterocycles. The van der Waals surface area contributed by atoms with Crippen molar-refractivity contribution in [3.63, 3.8) is 0 Å². The number of quaternary nitrogens is 1. The summed E-state index contributed by atoms with van der Waals surface area (Å²) < 4.78 is 0.844. The standard InChI is InChI=1S/C23H42O2.C5H14NO/c1-2-3-4-5-6-7-8-9-10-11-12-13-14-15-16-17-18-19-20-21-22-23(24)25;1-6(2,3)4-5-7/h14-15,18-19H,2-13,16-17,20-22H2,1H3,(H,24,25);7H,4-5H2,1-3H3/q;+1/p-1/b15-14-,19-18-;. The number of aliphatic hydroxyl groups excluding tert-OH is 1. The summed E-state index contributed by atoms with van der Waals surface area (Å²) in [5.74, 6) is -0.946. The number of carbonyl (C=O) groups excluding carboxylic acids is 1. The van der Waals surface area contributed by atoms with Crippen LogP contribution < -0.4 is 5.11 Å². The highest BCUT2D eigenvalue weighted by molar-refractivity contribution is 5.64. The molecule has 0 saturated carbocycles. The molecule has 0 saturated heterocycles. The van der Waals surface area contributed by atoms with Crippen LogP contribution in [-0.2, 0) is 4.79 Å². The topological polar surface area (TPSA) is 60.4 Å². The Morgan fingerprint density at radius 2 is 1.09 bits per heavy atom. The first kappa shape index (κ1) is 33.0. The highest BCUT2D eigenvalue weighted by Crippen LogP contribution is 2.12. The normalized spacial score (nSPS) is 11.8. The maximum Gasteiger partial charge on any atom is 0.101 e. The van der Waals surface area contributed by atoms with Crippen LogP contribution in [0, 0.1) is 0 Å². The van der Waals surface area contributed by atoms with Crippen LogP contribution in [0.1, 0.15) is 116 Å². The van der Waals surface area contributed by atoms with E-state index < -0.39 is 5.97 Å². The number of nitrogens with zero attached hydrogens (tertiary/aromatic N) is 1. The van der Waals surface area contributed by atoms with E-state index >= 15 is 0 Å². The van der Waals surface area contributed by atoms with Gasteiger partial charge in [-0.2, -0.15) is 0 Å². The van der Waals surface area contributed by atoms with Crippen LogP contribution in [0.25, 0.3) is 0 Å². The van der Waals surface area contributed by atoms with E-state index in [1.807, 2.05) is 0 Å². The van der Waals surface area contributed by atoms with Crippen molar-refractivity contribution >= 4 is 5.97 Å². The molecule has 4 nitrogen and oxygen atoms in total. The molecule has 190 valence electrons. The van der Waals surface area contributed by atoms with Gasteiger partial charge in [-0.05, 0) is 44.9 Å². The Morgan fingerprint density at radius 1 is 0.688 bits per heavy atom. The quantitative estimate of drug-likeness (QED) is 0.128. The largest absolute Gasteiger partial charge is 0.550 e. The number of likely N-dealkylation sites (N-methyl/N-ethyl adjacent to an activating group) is 1. The van der Waals surface area contributed by atoms with E-state index in [0.29, 0.717) is 6.42 Å². The monoisotopic (exact) mass is 453 g/mol. The van der Waals surface area contributed by atoms with Crippen molar-refractivity contribution in [2.75, 3.05) is 34.3 Å². The molecule has 4 heteroatoms. The van der Waals surface area contributed by atoms with Crippen LogP contribution in [0.15, 0.2) is 24.3 Å². The Bertz CT molecular complexity index is 438. The third-order valence-corrected chi connectivity index (χ3v) is 5.33. The van der Waals surface area contributed by atoms with Gasteiger partial charge in [0.1, 0.15) is 6.54 Å². The molecular weight excluding hydrogens is 398 g/mol. The molecule has 0 amide bonds. The van der Waals surface area contributed by atoms with Crippen LogP contribution >= 0.6 is 0 Å². The number of carboxylic acid groups (broad SMARTS) is 1. The van der Waals surface area contributed by atoms with Gasteiger partial charge in [0.25, 0.3) is 0 Å². The fraction of sp³-hybridized carbons (Fsp3) is 0.821. The highest BCUT2D eigenvalue weighted by Gasteiger charge is 2.02. The van der Waals surface area contributed by atoms with Crippen LogP contribution in [0.4, 0.5) is 0 Å². The van der Waals surface area contributed by atoms with Crippen LogP contribution in [0.3, 0.4) is 0 Å². The highest BCUT2D eigenvalue weighted by atomic mass is 16.4. The smallest absolute Gasteiger partial charge is 0.101 e. The summed E-state index contributed by atoms with van der Waals surface area (Å²) in [6, 6.07) is 0. The number of carboxylic acids is 1. The van der Waals surface area contributed by atoms with Crippen molar-refractivity contribution in [2.45, 2.75) is 116 Å². The second-order valence-corrected chi connectivity index (χ2v) is 9.85. The first-order valence-electron chi connectivity index (χ1n) is 13.2. The summed E-state index contributed by atoms with van der Waals surface area (Å²) in [5.41, 5.74) is 0. The molecule has 0 aromatic heterocycles. The van der Waals surface area contributed by atoms with Gasteiger partial charge in [-0.25, -0.2) is 0 Å². The summed E-state index contributed by atoms with van der Waals surface area (Å²) in [5, 5.41) is 18.6. The van der Waals surface area contributed by atoms with Crippen molar-refractivity contribution in [2.24, 2.45) is 0 Å². The lowest BCUT2D eigenvalue weighted by Crippen LogP contribution is -2.36. The van der Waals surface area contributed by atoms with Gasteiger partial charge in [-0.1, -0.05) is 95.4 Å². The van der Waals surface area contributed by atoms with E-state index in [1.165, 1.54) is 77.0 Å². The minimum Gasteiger partial charge on any atom is -0.550 e. The number of allylic oxidation sites excluding steroid dienone is 4. The molecule has 1 N–H and O–H groups in total. The van der Waals surface area contributed by atoms with Crippen molar-refractivity contribution < 1.29 is 19.5 Å². The molecule has 0 atom stereocenters. The maximum absolute atomic E-state index is 10.2. The molecule has 32 heavy (non-hydrogen) atoms. The zero-order chi connectivity index (χ0) is 24.3.